The van der Waals surface area contributed by atoms with E-state index in [1.165, 1.54) is 11.1 Å². The minimum absolute atomic E-state index is 0.238. The molecule has 0 aliphatic carbocycles. The Kier molecular flexibility index (Phi) is 4.33. The van der Waals surface area contributed by atoms with E-state index >= 15 is 0 Å². The highest BCUT2D eigenvalue weighted by molar-refractivity contribution is 5.75. The lowest BCUT2D eigenvalue weighted by molar-refractivity contribution is -0.116. The topological polar surface area (TPSA) is 29.1 Å². The zero-order valence-electron chi connectivity index (χ0n) is 8.84. The van der Waals surface area contributed by atoms with E-state index in [2.05, 4.69) is 24.4 Å². The van der Waals surface area contributed by atoms with Crippen LogP contribution in [-0.2, 0) is 11.3 Å². The molecular formula is C12H17NO. The van der Waals surface area contributed by atoms with Crippen molar-refractivity contribution >= 4 is 5.78 Å². The molecule has 14 heavy (non-hydrogen) atoms. The van der Waals surface area contributed by atoms with Gasteiger partial charge in [0.2, 0.25) is 0 Å². The van der Waals surface area contributed by atoms with Gasteiger partial charge in [-0.05, 0) is 25.0 Å². The predicted octanol–water partition coefficient (Wildman–Crippen LogP) is 2.06. The molecule has 0 bridgehead atoms. The average molecular weight is 191 g/mol. The largest absolute Gasteiger partial charge is 0.312 e. The van der Waals surface area contributed by atoms with Crippen LogP contribution in [0.25, 0.3) is 0 Å². The molecule has 0 unspecified atom stereocenters. The number of rotatable bonds is 5. The quantitative estimate of drug-likeness (QED) is 0.722. The van der Waals surface area contributed by atoms with Gasteiger partial charge in [0, 0.05) is 19.5 Å². The number of carbonyl (C=O) groups excluding carboxylic acids is 1. The Morgan fingerprint density at radius 3 is 2.71 bits per heavy atom. The van der Waals surface area contributed by atoms with E-state index in [0.29, 0.717) is 6.42 Å². The van der Waals surface area contributed by atoms with Crippen LogP contribution in [0.5, 0.6) is 0 Å². The van der Waals surface area contributed by atoms with Crippen molar-refractivity contribution in [3.05, 3.63) is 35.4 Å². The van der Waals surface area contributed by atoms with Crippen molar-refractivity contribution in [1.82, 2.24) is 5.32 Å². The van der Waals surface area contributed by atoms with Gasteiger partial charge in [-0.15, -0.1) is 0 Å². The summed E-state index contributed by atoms with van der Waals surface area (Å²) < 4.78 is 0. The summed E-state index contributed by atoms with van der Waals surface area (Å²) in [5.41, 5.74) is 2.60. The summed E-state index contributed by atoms with van der Waals surface area (Å²) in [5, 5.41) is 3.25. The Hall–Kier alpha value is -1.15. The van der Waals surface area contributed by atoms with Gasteiger partial charge in [-0.3, -0.25) is 4.79 Å². The fraction of sp³-hybridized carbons (Fsp3) is 0.417. The lowest BCUT2D eigenvalue weighted by Gasteiger charge is -2.06. The summed E-state index contributed by atoms with van der Waals surface area (Å²) in [4.78, 5) is 10.7. The van der Waals surface area contributed by atoms with Crippen LogP contribution in [0.4, 0.5) is 0 Å². The molecule has 0 aliphatic heterocycles. The molecule has 1 rings (SSSR count). The number of benzene rings is 1. The highest BCUT2D eigenvalue weighted by Gasteiger charge is 1.96. The summed E-state index contributed by atoms with van der Waals surface area (Å²) in [7, 11) is 0. The van der Waals surface area contributed by atoms with E-state index in [4.69, 9.17) is 0 Å². The van der Waals surface area contributed by atoms with Crippen LogP contribution < -0.4 is 5.32 Å². The average Bonchev–Trinajstić information content (AvgIpc) is 2.15. The van der Waals surface area contributed by atoms with Crippen molar-refractivity contribution in [2.24, 2.45) is 0 Å². The number of nitrogens with one attached hydrogen (secondary N) is 1. The fourth-order valence-electron chi connectivity index (χ4n) is 1.30. The van der Waals surface area contributed by atoms with Crippen molar-refractivity contribution in [3.8, 4) is 0 Å². The molecular weight excluding hydrogens is 174 g/mol. The van der Waals surface area contributed by atoms with Crippen LogP contribution in [-0.4, -0.2) is 12.3 Å². The number of ketones is 1. The van der Waals surface area contributed by atoms with E-state index in [0.717, 1.165) is 13.1 Å². The lowest BCUT2D eigenvalue weighted by Crippen LogP contribution is -2.17. The number of hydrogen-bond donors (Lipinski definition) is 1. The van der Waals surface area contributed by atoms with Gasteiger partial charge in [-0.25, -0.2) is 0 Å². The molecule has 1 N–H and O–H groups in total. The molecule has 0 fully saturated rings. The molecule has 1 aromatic carbocycles. The Morgan fingerprint density at radius 2 is 2.07 bits per heavy atom. The Labute approximate surface area is 85.3 Å². The second-order valence-electron chi connectivity index (χ2n) is 3.56. The predicted molar refractivity (Wildman–Crippen MR) is 58.2 cm³/mol. The first-order chi connectivity index (χ1) is 6.70. The first-order valence-electron chi connectivity index (χ1n) is 4.95. The van der Waals surface area contributed by atoms with Crippen molar-refractivity contribution in [1.29, 1.82) is 0 Å². The maximum absolute atomic E-state index is 10.7. The van der Waals surface area contributed by atoms with Crippen LogP contribution >= 0.6 is 0 Å². The Morgan fingerprint density at radius 1 is 1.36 bits per heavy atom. The molecule has 76 valence electrons. The van der Waals surface area contributed by atoms with Gasteiger partial charge >= 0.3 is 0 Å². The van der Waals surface area contributed by atoms with Crippen LogP contribution in [0, 0.1) is 6.92 Å². The monoisotopic (exact) mass is 191 g/mol. The highest BCUT2D eigenvalue weighted by atomic mass is 16.1. The number of carbonyl (C=O) groups is 1. The van der Waals surface area contributed by atoms with E-state index in [9.17, 15) is 4.79 Å². The standard InChI is InChI=1S/C12H17NO/c1-10-5-3-4-6-12(10)9-13-8-7-11(2)14/h3-6,13H,7-9H2,1-2H3. The van der Waals surface area contributed by atoms with Gasteiger partial charge in [0.05, 0.1) is 0 Å². The third-order valence-corrected chi connectivity index (χ3v) is 2.23. The molecule has 0 atom stereocenters. The molecule has 2 nitrogen and oxygen atoms in total. The van der Waals surface area contributed by atoms with Crippen molar-refractivity contribution < 1.29 is 4.79 Å². The van der Waals surface area contributed by atoms with Crippen LogP contribution in [0.15, 0.2) is 24.3 Å². The first-order valence-corrected chi connectivity index (χ1v) is 4.95. The fourth-order valence-corrected chi connectivity index (χ4v) is 1.30. The highest BCUT2D eigenvalue weighted by Crippen LogP contribution is 2.05. The van der Waals surface area contributed by atoms with Gasteiger partial charge < -0.3 is 5.32 Å². The molecule has 0 amide bonds. The second kappa shape index (κ2) is 5.55. The van der Waals surface area contributed by atoms with Crippen molar-refractivity contribution in [3.63, 3.8) is 0 Å². The van der Waals surface area contributed by atoms with E-state index in [1.807, 2.05) is 12.1 Å². The molecule has 2 heteroatoms. The maximum atomic E-state index is 10.7. The summed E-state index contributed by atoms with van der Waals surface area (Å²) >= 11 is 0. The molecule has 0 aliphatic rings. The van der Waals surface area contributed by atoms with Gasteiger partial charge in [0.1, 0.15) is 5.78 Å². The van der Waals surface area contributed by atoms with Gasteiger partial charge in [0.15, 0.2) is 0 Å². The van der Waals surface area contributed by atoms with E-state index in [-0.39, 0.29) is 5.78 Å². The zero-order valence-corrected chi connectivity index (χ0v) is 8.84. The van der Waals surface area contributed by atoms with Crippen molar-refractivity contribution in [2.45, 2.75) is 26.8 Å². The zero-order chi connectivity index (χ0) is 10.4. The molecule has 0 aromatic heterocycles. The van der Waals surface area contributed by atoms with E-state index in [1.54, 1.807) is 6.92 Å². The Balaban J connectivity index is 2.31. The van der Waals surface area contributed by atoms with Gasteiger partial charge in [-0.2, -0.15) is 0 Å². The number of aryl methyl sites for hydroxylation is 1. The smallest absolute Gasteiger partial charge is 0.131 e. The minimum Gasteiger partial charge on any atom is -0.312 e. The minimum atomic E-state index is 0.238. The van der Waals surface area contributed by atoms with Crippen LogP contribution in [0.3, 0.4) is 0 Å². The molecule has 0 saturated heterocycles. The first kappa shape index (κ1) is 10.9. The molecule has 0 saturated carbocycles. The van der Waals surface area contributed by atoms with Gasteiger partial charge in [0.25, 0.3) is 0 Å². The summed E-state index contributed by atoms with van der Waals surface area (Å²) in [6.45, 7) is 5.33. The van der Waals surface area contributed by atoms with Crippen LogP contribution in [0.2, 0.25) is 0 Å². The second-order valence-corrected chi connectivity index (χ2v) is 3.56. The molecule has 0 radical (unpaired) electrons. The molecule has 1 aromatic rings. The molecule has 0 heterocycles. The van der Waals surface area contributed by atoms with Crippen molar-refractivity contribution in [2.75, 3.05) is 6.54 Å². The summed E-state index contributed by atoms with van der Waals surface area (Å²) in [6, 6.07) is 8.28. The summed E-state index contributed by atoms with van der Waals surface area (Å²) in [6.07, 6.45) is 0.617. The third kappa shape index (κ3) is 3.71. The maximum Gasteiger partial charge on any atom is 0.131 e. The lowest BCUT2D eigenvalue weighted by atomic mass is 10.1. The summed E-state index contributed by atoms with van der Waals surface area (Å²) in [5.74, 6) is 0.238. The SMILES string of the molecule is CC(=O)CCNCc1ccccc1C. The van der Waals surface area contributed by atoms with Gasteiger partial charge in [-0.1, -0.05) is 24.3 Å². The Bertz CT molecular complexity index is 307. The van der Waals surface area contributed by atoms with E-state index < -0.39 is 0 Å². The normalized spacial score (nSPS) is 10.1. The molecule has 0 spiro atoms. The number of Topliss-reactive ketones (excluding diaryl/α,β-unsaturated/α-hetero) is 1. The van der Waals surface area contributed by atoms with Crippen LogP contribution in [0.1, 0.15) is 24.5 Å². The third-order valence-electron chi connectivity index (χ3n) is 2.23. The number of hydrogen-bond acceptors (Lipinski definition) is 2.